The second-order valence-corrected chi connectivity index (χ2v) is 2.61. The van der Waals surface area contributed by atoms with Crippen LogP contribution in [0.25, 0.3) is 0 Å². The molecule has 2 rings (SSSR count). The first-order valence-corrected chi connectivity index (χ1v) is 3.54. The molecule has 0 saturated heterocycles. The molecule has 3 heteroatoms. The molecule has 1 aliphatic heterocycles. The summed E-state index contributed by atoms with van der Waals surface area (Å²) in [6.45, 7) is 1.10. The van der Waals surface area contributed by atoms with Crippen LogP contribution in [0, 0.1) is 6.07 Å². The van der Waals surface area contributed by atoms with Gasteiger partial charge in [0, 0.05) is 19.7 Å². The molecule has 1 aromatic heterocycles. The predicted octanol–water partition coefficient (Wildman–Crippen LogP) is 0.197. The molecule has 0 aromatic carbocycles. The first kappa shape index (κ1) is 5.77. The van der Waals surface area contributed by atoms with Gasteiger partial charge in [-0.25, -0.2) is 0 Å². The van der Waals surface area contributed by atoms with Crippen LogP contribution in [0.15, 0.2) is 6.20 Å². The fourth-order valence-electron chi connectivity index (χ4n) is 1.32. The molecule has 0 aliphatic carbocycles. The van der Waals surface area contributed by atoms with E-state index in [1.165, 1.54) is 12.1 Å². The van der Waals surface area contributed by atoms with Gasteiger partial charge in [-0.3, -0.25) is 5.01 Å². The summed E-state index contributed by atoms with van der Waals surface area (Å²) in [5.41, 5.74) is 1.20. The van der Waals surface area contributed by atoms with Crippen LogP contribution < -0.4 is 5.01 Å². The summed E-state index contributed by atoms with van der Waals surface area (Å²) < 4.78 is 0. The lowest BCUT2D eigenvalue weighted by Gasteiger charge is -2.25. The van der Waals surface area contributed by atoms with Gasteiger partial charge in [-0.2, -0.15) is 9.89 Å². The molecule has 0 bridgehead atoms. The fourth-order valence-corrected chi connectivity index (χ4v) is 1.32. The predicted molar refractivity (Wildman–Crippen MR) is 38.4 cm³/mol. The Morgan fingerprint density at radius 2 is 2.60 bits per heavy atom. The monoisotopic (exact) mass is 136 g/mol. The smallest absolute Gasteiger partial charge is 0.0702 e. The number of nitrogens with zero attached hydrogens (tertiary/aromatic N) is 3. The van der Waals surface area contributed by atoms with Crippen molar-refractivity contribution in [3.63, 3.8) is 0 Å². The van der Waals surface area contributed by atoms with E-state index in [9.17, 15) is 0 Å². The number of aromatic nitrogens is 2. The van der Waals surface area contributed by atoms with Gasteiger partial charge < -0.3 is 0 Å². The van der Waals surface area contributed by atoms with Crippen LogP contribution in [-0.2, 0) is 6.42 Å². The van der Waals surface area contributed by atoms with Crippen molar-refractivity contribution in [3.8, 4) is 0 Å². The maximum atomic E-state index is 4.12. The van der Waals surface area contributed by atoms with Gasteiger partial charge in [0.25, 0.3) is 0 Å². The maximum absolute atomic E-state index is 4.12. The van der Waals surface area contributed by atoms with Crippen molar-refractivity contribution in [3.05, 3.63) is 18.0 Å². The third kappa shape index (κ3) is 0.701. The second-order valence-electron chi connectivity index (χ2n) is 2.61. The van der Waals surface area contributed by atoms with E-state index in [1.807, 2.05) is 11.8 Å². The minimum Gasteiger partial charge on any atom is -0.300 e. The van der Waals surface area contributed by atoms with Crippen molar-refractivity contribution in [1.82, 2.24) is 9.89 Å². The fraction of sp³-hybridized carbons (Fsp3) is 0.571. The molecule has 0 amide bonds. The van der Waals surface area contributed by atoms with Crippen molar-refractivity contribution in [2.24, 2.45) is 0 Å². The molecule has 0 N–H and O–H groups in total. The van der Waals surface area contributed by atoms with Gasteiger partial charge in [0.2, 0.25) is 0 Å². The van der Waals surface area contributed by atoms with E-state index >= 15 is 0 Å². The van der Waals surface area contributed by atoms with Gasteiger partial charge in [0.05, 0.1) is 11.9 Å². The average molecular weight is 136 g/mol. The van der Waals surface area contributed by atoms with Crippen molar-refractivity contribution >= 4 is 0 Å². The van der Waals surface area contributed by atoms with E-state index in [-0.39, 0.29) is 0 Å². The number of hydrogen-bond donors (Lipinski definition) is 0. The quantitative estimate of drug-likeness (QED) is 0.508. The van der Waals surface area contributed by atoms with Gasteiger partial charge in [0.15, 0.2) is 0 Å². The first-order chi connectivity index (χ1) is 4.88. The SMILES string of the molecule is CN1CCCc2[c]cnn21. The Kier molecular flexibility index (Phi) is 1.16. The Bertz CT molecular complexity index is 229. The Balaban J connectivity index is 2.41. The van der Waals surface area contributed by atoms with Gasteiger partial charge >= 0.3 is 0 Å². The van der Waals surface area contributed by atoms with Gasteiger partial charge in [-0.15, -0.1) is 0 Å². The Labute approximate surface area is 60.2 Å². The summed E-state index contributed by atoms with van der Waals surface area (Å²) in [5.74, 6) is 0. The second kappa shape index (κ2) is 2.01. The lowest BCUT2D eigenvalue weighted by atomic mass is 10.2. The summed E-state index contributed by atoms with van der Waals surface area (Å²) in [5, 5.41) is 6.23. The number of aryl methyl sites for hydroxylation is 1. The summed E-state index contributed by atoms with van der Waals surface area (Å²) in [6, 6.07) is 3.10. The number of rotatable bonds is 0. The minimum absolute atomic E-state index is 1.10. The summed E-state index contributed by atoms with van der Waals surface area (Å²) in [7, 11) is 2.05. The molecule has 53 valence electrons. The zero-order valence-electron chi connectivity index (χ0n) is 6.04. The highest BCUT2D eigenvalue weighted by atomic mass is 15.6. The normalized spacial score (nSPS) is 17.1. The van der Waals surface area contributed by atoms with Gasteiger partial charge in [-0.1, -0.05) is 0 Å². The highest BCUT2D eigenvalue weighted by Gasteiger charge is 2.11. The molecule has 2 heterocycles. The zero-order chi connectivity index (χ0) is 6.97. The molecule has 1 radical (unpaired) electrons. The van der Waals surface area contributed by atoms with Crippen LogP contribution in [0.5, 0.6) is 0 Å². The zero-order valence-corrected chi connectivity index (χ0v) is 6.04. The summed E-state index contributed by atoms with van der Waals surface area (Å²) in [6.07, 6.45) is 4.07. The lowest BCUT2D eigenvalue weighted by Crippen LogP contribution is -2.37. The third-order valence-electron chi connectivity index (χ3n) is 1.86. The highest BCUT2D eigenvalue weighted by molar-refractivity contribution is 5.05. The van der Waals surface area contributed by atoms with Crippen LogP contribution >= 0.6 is 0 Å². The largest absolute Gasteiger partial charge is 0.300 e. The molecular formula is C7H10N3. The molecule has 3 nitrogen and oxygen atoms in total. The van der Waals surface area contributed by atoms with E-state index in [0.717, 1.165) is 13.0 Å². The molecule has 0 saturated carbocycles. The average Bonchev–Trinajstić information content (AvgIpc) is 2.36. The van der Waals surface area contributed by atoms with E-state index in [0.29, 0.717) is 0 Å². The Hall–Kier alpha value is -0.990. The van der Waals surface area contributed by atoms with Crippen molar-refractivity contribution in [2.45, 2.75) is 12.8 Å². The number of hydrogen-bond acceptors (Lipinski definition) is 2. The molecule has 1 aromatic rings. The van der Waals surface area contributed by atoms with E-state index in [4.69, 9.17) is 0 Å². The molecule has 0 unspecified atom stereocenters. The van der Waals surface area contributed by atoms with Crippen LogP contribution in [-0.4, -0.2) is 23.5 Å². The minimum atomic E-state index is 1.10. The molecule has 0 spiro atoms. The molecule has 0 fully saturated rings. The Morgan fingerprint density at radius 3 is 3.40 bits per heavy atom. The van der Waals surface area contributed by atoms with Crippen molar-refractivity contribution < 1.29 is 0 Å². The topological polar surface area (TPSA) is 21.1 Å². The standard InChI is InChI=1S/C7H10N3/c1-9-6-2-3-7-4-5-8-10(7)9/h5H,2-3,6H2,1H3. The van der Waals surface area contributed by atoms with Crippen LogP contribution in [0.1, 0.15) is 12.1 Å². The van der Waals surface area contributed by atoms with Crippen LogP contribution in [0.3, 0.4) is 0 Å². The highest BCUT2D eigenvalue weighted by Crippen LogP contribution is 2.07. The molecule has 0 atom stereocenters. The van der Waals surface area contributed by atoms with Gasteiger partial charge in [0.1, 0.15) is 0 Å². The van der Waals surface area contributed by atoms with Crippen molar-refractivity contribution in [2.75, 3.05) is 18.6 Å². The van der Waals surface area contributed by atoms with E-state index < -0.39 is 0 Å². The summed E-state index contributed by atoms with van der Waals surface area (Å²) >= 11 is 0. The van der Waals surface area contributed by atoms with Crippen molar-refractivity contribution in [1.29, 1.82) is 0 Å². The Morgan fingerprint density at radius 1 is 1.70 bits per heavy atom. The van der Waals surface area contributed by atoms with Crippen LogP contribution in [0.2, 0.25) is 0 Å². The lowest BCUT2D eigenvalue weighted by molar-refractivity contribution is 0.497. The van der Waals surface area contributed by atoms with Crippen LogP contribution in [0.4, 0.5) is 0 Å². The summed E-state index contributed by atoms with van der Waals surface area (Å²) in [4.78, 5) is 1.92. The van der Waals surface area contributed by atoms with E-state index in [2.05, 4.69) is 16.2 Å². The number of fused-ring (bicyclic) bond motifs is 1. The maximum Gasteiger partial charge on any atom is 0.0702 e. The molecule has 10 heavy (non-hydrogen) atoms. The van der Waals surface area contributed by atoms with E-state index in [1.54, 1.807) is 6.20 Å². The molecular weight excluding hydrogens is 126 g/mol. The van der Waals surface area contributed by atoms with Gasteiger partial charge in [-0.05, 0) is 12.8 Å². The third-order valence-corrected chi connectivity index (χ3v) is 1.86. The molecule has 1 aliphatic rings. The first-order valence-electron chi connectivity index (χ1n) is 3.54.